The fourth-order valence-electron chi connectivity index (χ4n) is 4.99. The number of rotatable bonds is 2. The van der Waals surface area contributed by atoms with E-state index in [-0.39, 0.29) is 30.7 Å². The number of hydrogen-bond donors (Lipinski definition) is 1. The van der Waals surface area contributed by atoms with E-state index in [1.165, 1.54) is 11.1 Å². The Kier molecular flexibility index (Phi) is 5.18. The predicted molar refractivity (Wildman–Crippen MR) is 107 cm³/mol. The SMILES string of the molecule is O=C1CO[C@H]2CCN(C(=O)N3CC(c4ccc(C5CCOCC5)cc4)C3)C[C@H]2N1. The van der Waals surface area contributed by atoms with Crippen LogP contribution in [-0.2, 0) is 14.3 Å². The minimum absolute atomic E-state index is 0.0372. The van der Waals surface area contributed by atoms with Gasteiger partial charge in [0.15, 0.2) is 0 Å². The Bertz CT molecular complexity index is 756. The standard InChI is InChI=1S/C22H29N3O4/c26-21-14-29-20-5-8-24(13-19(20)23-21)22(27)25-11-18(12-25)16-3-1-15(2-4-16)17-6-9-28-10-7-17/h1-4,17-20H,5-14H2,(H,23,26)/t19-,20+/m1/s1. The van der Waals surface area contributed by atoms with Crippen LogP contribution in [0.4, 0.5) is 4.79 Å². The maximum absolute atomic E-state index is 12.9. The number of nitrogens with one attached hydrogen (secondary N) is 1. The van der Waals surface area contributed by atoms with E-state index in [1.807, 2.05) is 9.80 Å². The summed E-state index contributed by atoms with van der Waals surface area (Å²) in [5, 5.41) is 2.96. The monoisotopic (exact) mass is 399 g/mol. The number of hydrogen-bond acceptors (Lipinski definition) is 4. The second-order valence-electron chi connectivity index (χ2n) is 8.70. The molecule has 0 bridgehead atoms. The lowest BCUT2D eigenvalue weighted by atomic mass is 9.87. The lowest BCUT2D eigenvalue weighted by Crippen LogP contribution is -2.63. The normalized spacial score (nSPS) is 28.5. The van der Waals surface area contributed by atoms with Gasteiger partial charge in [0.25, 0.3) is 0 Å². The van der Waals surface area contributed by atoms with Crippen molar-refractivity contribution in [2.24, 2.45) is 0 Å². The molecule has 0 spiro atoms. The van der Waals surface area contributed by atoms with Crippen molar-refractivity contribution in [3.63, 3.8) is 0 Å². The van der Waals surface area contributed by atoms with Crippen molar-refractivity contribution < 1.29 is 19.1 Å². The van der Waals surface area contributed by atoms with Gasteiger partial charge in [-0.2, -0.15) is 0 Å². The number of carbonyl (C=O) groups excluding carboxylic acids is 2. The first-order valence-corrected chi connectivity index (χ1v) is 10.8. The van der Waals surface area contributed by atoms with Crippen LogP contribution in [0.3, 0.4) is 0 Å². The molecule has 0 aliphatic carbocycles. The van der Waals surface area contributed by atoms with Crippen molar-refractivity contribution in [3.8, 4) is 0 Å². The largest absolute Gasteiger partial charge is 0.381 e. The van der Waals surface area contributed by atoms with Gasteiger partial charge < -0.3 is 24.6 Å². The minimum Gasteiger partial charge on any atom is -0.381 e. The van der Waals surface area contributed by atoms with Crippen LogP contribution in [0, 0.1) is 0 Å². The van der Waals surface area contributed by atoms with Gasteiger partial charge in [0.05, 0.1) is 12.1 Å². The maximum Gasteiger partial charge on any atom is 0.320 e. The highest BCUT2D eigenvalue weighted by molar-refractivity contribution is 5.79. The molecule has 4 saturated heterocycles. The van der Waals surface area contributed by atoms with E-state index in [0.717, 1.165) is 45.6 Å². The number of nitrogens with zero attached hydrogens (tertiary/aromatic N) is 2. The lowest BCUT2D eigenvalue weighted by Gasteiger charge is -2.46. The third kappa shape index (κ3) is 3.85. The molecular formula is C22H29N3O4. The highest BCUT2D eigenvalue weighted by Crippen LogP contribution is 2.32. The average Bonchev–Trinajstić information content (AvgIpc) is 2.73. The number of amides is 3. The zero-order valence-corrected chi connectivity index (χ0v) is 16.7. The van der Waals surface area contributed by atoms with Gasteiger partial charge in [-0.25, -0.2) is 4.79 Å². The average molecular weight is 399 g/mol. The highest BCUT2D eigenvalue weighted by atomic mass is 16.5. The zero-order valence-electron chi connectivity index (χ0n) is 16.7. The lowest BCUT2D eigenvalue weighted by molar-refractivity contribution is -0.139. The summed E-state index contributed by atoms with van der Waals surface area (Å²) in [7, 11) is 0. The molecule has 0 aromatic heterocycles. The summed E-state index contributed by atoms with van der Waals surface area (Å²) in [6.45, 7) is 4.62. The predicted octanol–water partition coefficient (Wildman–Crippen LogP) is 1.69. The van der Waals surface area contributed by atoms with Crippen LogP contribution in [-0.4, -0.2) is 79.9 Å². The number of benzene rings is 1. The first kappa shape index (κ1) is 18.9. The second-order valence-corrected chi connectivity index (χ2v) is 8.70. The molecule has 0 radical (unpaired) electrons. The number of piperidine rings is 1. The topological polar surface area (TPSA) is 71.1 Å². The van der Waals surface area contributed by atoms with Crippen LogP contribution in [0.25, 0.3) is 0 Å². The molecule has 1 aromatic carbocycles. The number of morpholine rings is 1. The highest BCUT2D eigenvalue weighted by Gasteiger charge is 2.40. The van der Waals surface area contributed by atoms with E-state index in [2.05, 4.69) is 29.6 Å². The molecule has 7 heteroatoms. The molecule has 7 nitrogen and oxygen atoms in total. The summed E-state index contributed by atoms with van der Waals surface area (Å²) in [5.41, 5.74) is 2.72. The third-order valence-electron chi connectivity index (χ3n) is 6.85. The molecule has 5 rings (SSSR count). The van der Waals surface area contributed by atoms with Crippen LogP contribution in [0.2, 0.25) is 0 Å². The quantitative estimate of drug-likeness (QED) is 0.822. The molecular weight excluding hydrogens is 370 g/mol. The smallest absolute Gasteiger partial charge is 0.320 e. The van der Waals surface area contributed by atoms with Crippen LogP contribution in [0.15, 0.2) is 24.3 Å². The number of ether oxygens (including phenoxy) is 2. The van der Waals surface area contributed by atoms with Gasteiger partial charge in [0.2, 0.25) is 5.91 Å². The van der Waals surface area contributed by atoms with Crippen molar-refractivity contribution >= 4 is 11.9 Å². The van der Waals surface area contributed by atoms with Gasteiger partial charge in [0.1, 0.15) is 6.61 Å². The second kappa shape index (κ2) is 7.95. The van der Waals surface area contributed by atoms with Gasteiger partial charge >= 0.3 is 6.03 Å². The molecule has 4 fully saturated rings. The van der Waals surface area contributed by atoms with Crippen molar-refractivity contribution in [2.45, 2.75) is 43.2 Å². The van der Waals surface area contributed by atoms with E-state index in [9.17, 15) is 9.59 Å². The Hall–Kier alpha value is -2.12. The molecule has 1 aromatic rings. The number of likely N-dealkylation sites (tertiary alicyclic amines) is 2. The Morgan fingerprint density at radius 1 is 0.931 bits per heavy atom. The first-order valence-electron chi connectivity index (χ1n) is 10.8. The van der Waals surface area contributed by atoms with Crippen LogP contribution in [0.1, 0.15) is 42.2 Å². The molecule has 0 saturated carbocycles. The van der Waals surface area contributed by atoms with Gasteiger partial charge in [0, 0.05) is 45.3 Å². The Labute approximate surface area is 171 Å². The molecule has 29 heavy (non-hydrogen) atoms. The van der Waals surface area contributed by atoms with Gasteiger partial charge in [-0.3, -0.25) is 4.79 Å². The molecule has 2 atom stereocenters. The molecule has 4 heterocycles. The number of urea groups is 1. The molecule has 3 amide bonds. The van der Waals surface area contributed by atoms with Crippen molar-refractivity contribution in [2.75, 3.05) is 46.0 Å². The Balaban J connectivity index is 1.13. The fraction of sp³-hybridized carbons (Fsp3) is 0.636. The number of fused-ring (bicyclic) bond motifs is 1. The number of carbonyl (C=O) groups is 2. The molecule has 1 N–H and O–H groups in total. The maximum atomic E-state index is 12.9. The van der Waals surface area contributed by atoms with Crippen LogP contribution in [0.5, 0.6) is 0 Å². The van der Waals surface area contributed by atoms with Gasteiger partial charge in [-0.1, -0.05) is 24.3 Å². The van der Waals surface area contributed by atoms with Gasteiger partial charge in [-0.15, -0.1) is 0 Å². The Morgan fingerprint density at radius 2 is 1.62 bits per heavy atom. The summed E-state index contributed by atoms with van der Waals surface area (Å²) < 4.78 is 11.0. The van der Waals surface area contributed by atoms with Crippen molar-refractivity contribution in [3.05, 3.63) is 35.4 Å². The van der Waals surface area contributed by atoms with Crippen molar-refractivity contribution in [1.82, 2.24) is 15.1 Å². The van der Waals surface area contributed by atoms with Crippen molar-refractivity contribution in [1.29, 1.82) is 0 Å². The fourth-order valence-corrected chi connectivity index (χ4v) is 4.99. The zero-order chi connectivity index (χ0) is 19.8. The third-order valence-corrected chi connectivity index (χ3v) is 6.85. The first-order chi connectivity index (χ1) is 14.2. The summed E-state index contributed by atoms with van der Waals surface area (Å²) >= 11 is 0. The van der Waals surface area contributed by atoms with E-state index in [4.69, 9.17) is 9.47 Å². The molecule has 4 aliphatic rings. The van der Waals surface area contributed by atoms with E-state index >= 15 is 0 Å². The van der Waals surface area contributed by atoms with Crippen LogP contribution >= 0.6 is 0 Å². The summed E-state index contributed by atoms with van der Waals surface area (Å²) in [6.07, 6.45) is 3.03. The molecule has 156 valence electrons. The molecule has 4 aliphatic heterocycles. The summed E-state index contributed by atoms with van der Waals surface area (Å²) in [6, 6.07) is 8.98. The van der Waals surface area contributed by atoms with E-state index in [1.54, 1.807) is 0 Å². The van der Waals surface area contributed by atoms with E-state index in [0.29, 0.717) is 24.9 Å². The van der Waals surface area contributed by atoms with E-state index < -0.39 is 0 Å². The summed E-state index contributed by atoms with van der Waals surface area (Å²) in [4.78, 5) is 28.2. The minimum atomic E-state index is -0.0891. The summed E-state index contributed by atoms with van der Waals surface area (Å²) in [5.74, 6) is 0.941. The Morgan fingerprint density at radius 3 is 2.34 bits per heavy atom. The van der Waals surface area contributed by atoms with Gasteiger partial charge in [-0.05, 0) is 36.3 Å². The van der Waals surface area contributed by atoms with Crippen LogP contribution < -0.4 is 5.32 Å². The molecule has 0 unspecified atom stereocenters.